The van der Waals surface area contributed by atoms with E-state index in [2.05, 4.69) is 35.6 Å². The molecule has 35 heavy (non-hydrogen) atoms. The summed E-state index contributed by atoms with van der Waals surface area (Å²) in [7, 11) is -5.85. The first-order valence-electron chi connectivity index (χ1n) is 11.2. The Balaban J connectivity index is 2.16. The second-order valence-corrected chi connectivity index (χ2v) is 14.9. The maximum Gasteiger partial charge on any atom is 0.432 e. The smallest absolute Gasteiger partial charge is 0.432 e. The molecule has 0 saturated heterocycles. The van der Waals surface area contributed by atoms with E-state index >= 15 is 0 Å². The third-order valence-electron chi connectivity index (χ3n) is 5.60. The third kappa shape index (κ3) is 5.74. The summed E-state index contributed by atoms with van der Waals surface area (Å²) < 4.78 is 37.2. The molecule has 2 heterocycles. The molecule has 0 aliphatic carbocycles. The van der Waals surface area contributed by atoms with Crippen molar-refractivity contribution in [2.24, 2.45) is 10.2 Å². The highest BCUT2D eigenvalue weighted by atomic mass is 32.2. The van der Waals surface area contributed by atoms with E-state index in [0.29, 0.717) is 17.9 Å². The quantitative estimate of drug-likeness (QED) is 0.358. The Morgan fingerprint density at radius 1 is 1.17 bits per heavy atom. The van der Waals surface area contributed by atoms with Gasteiger partial charge in [-0.2, -0.15) is 9.42 Å². The zero-order valence-corrected chi connectivity index (χ0v) is 23.2. The molecule has 1 aliphatic heterocycles. The second kappa shape index (κ2) is 8.96. The van der Waals surface area contributed by atoms with Gasteiger partial charge in [-0.15, -0.1) is 0 Å². The number of fused-ring (bicyclic) bond motifs is 1. The van der Waals surface area contributed by atoms with E-state index in [-0.39, 0.29) is 39.4 Å². The molecule has 0 amide bonds. The van der Waals surface area contributed by atoms with Crippen LogP contribution in [0, 0.1) is 5.41 Å². The topological polar surface area (TPSA) is 145 Å². The number of anilines is 2. The molecule has 5 N–H and O–H groups in total. The van der Waals surface area contributed by atoms with Gasteiger partial charge in [0.1, 0.15) is 5.56 Å². The molecule has 3 rings (SSSR count). The van der Waals surface area contributed by atoms with Gasteiger partial charge in [-0.05, 0) is 28.7 Å². The van der Waals surface area contributed by atoms with Crippen molar-refractivity contribution in [2.75, 3.05) is 23.4 Å². The van der Waals surface area contributed by atoms with E-state index in [0.717, 1.165) is 12.7 Å². The number of rotatable bonds is 6. The number of hydrogen-bond acceptors (Lipinski definition) is 8. The minimum atomic E-state index is -3.62. The van der Waals surface area contributed by atoms with Crippen LogP contribution in [0.5, 0.6) is 11.6 Å². The molecule has 1 aromatic carbocycles. The summed E-state index contributed by atoms with van der Waals surface area (Å²) in [5.74, 6) is -0.227. The molecule has 0 bridgehead atoms. The normalized spacial score (nSPS) is 18.6. The first-order valence-corrected chi connectivity index (χ1v) is 14.7. The molecular formula is C23H36N4O6PS+. The summed E-state index contributed by atoms with van der Waals surface area (Å²) in [5.41, 5.74) is 0.797. The van der Waals surface area contributed by atoms with Crippen LogP contribution in [0.15, 0.2) is 23.0 Å². The highest BCUT2D eigenvalue weighted by Crippen LogP contribution is 2.60. The van der Waals surface area contributed by atoms with Crippen molar-refractivity contribution in [1.29, 1.82) is 0 Å². The monoisotopic (exact) mass is 527 g/mol. The average molecular weight is 528 g/mol. The van der Waals surface area contributed by atoms with Crippen molar-refractivity contribution in [3.05, 3.63) is 29.5 Å². The Morgan fingerprint density at radius 2 is 1.80 bits per heavy atom. The standard InChI is InChI=1S/C23H35N4O6PS/c1-22(2,3)11-12-27-19(23(4,5)6)18(28)17(21(27)29)20-24-15-10-9-14(26-35(8,31)32)13-16(15)34(30,25-20)33-7/h9-10,13,26,30H,11-12H2,1-8H3,(H2-,24,25,28,29)/p+1. The fraction of sp³-hybridized carbons (Fsp3) is 0.522. The summed E-state index contributed by atoms with van der Waals surface area (Å²) >= 11 is 0. The van der Waals surface area contributed by atoms with Crippen LogP contribution < -0.4 is 15.3 Å². The van der Waals surface area contributed by atoms with Gasteiger partial charge >= 0.3 is 7.87 Å². The van der Waals surface area contributed by atoms with Crippen LogP contribution in [0.25, 0.3) is 0 Å². The summed E-state index contributed by atoms with van der Waals surface area (Å²) in [6.07, 6.45) is 1.78. The molecule has 0 fully saturated rings. The van der Waals surface area contributed by atoms with Crippen molar-refractivity contribution in [3.8, 4) is 11.6 Å². The SMILES string of the molecule is CO[P+]1(O)N=C(c2c(O)c(C(C)(C)C)n(CCC(C)(C)C)c2O)Nc2ccc(NS(C)(=O)=O)cc21. The maximum atomic E-state index is 11.6. The van der Waals surface area contributed by atoms with Crippen LogP contribution in [-0.4, -0.2) is 47.3 Å². The highest BCUT2D eigenvalue weighted by Gasteiger charge is 2.49. The number of hydrogen-bond donors (Lipinski definition) is 5. The summed E-state index contributed by atoms with van der Waals surface area (Å²) in [6.45, 7) is 12.6. The molecule has 10 nitrogen and oxygen atoms in total. The Morgan fingerprint density at radius 3 is 2.31 bits per heavy atom. The van der Waals surface area contributed by atoms with Gasteiger partial charge in [0.25, 0.3) is 0 Å². The lowest BCUT2D eigenvalue weighted by Gasteiger charge is -2.25. The predicted octanol–water partition coefficient (Wildman–Crippen LogP) is 3.90. The van der Waals surface area contributed by atoms with Crippen LogP contribution >= 0.6 is 7.87 Å². The number of aromatic nitrogens is 1. The van der Waals surface area contributed by atoms with Crippen LogP contribution in [-0.2, 0) is 26.5 Å². The Kier molecular flexibility index (Phi) is 6.98. The first-order chi connectivity index (χ1) is 15.9. The van der Waals surface area contributed by atoms with E-state index in [1.54, 1.807) is 10.6 Å². The molecule has 0 spiro atoms. The number of aromatic hydroxyl groups is 2. The second-order valence-electron chi connectivity index (χ2n) is 11.0. The lowest BCUT2D eigenvalue weighted by Crippen LogP contribution is -2.28. The van der Waals surface area contributed by atoms with Gasteiger partial charge in [-0.1, -0.05) is 41.5 Å². The van der Waals surface area contributed by atoms with E-state index in [4.69, 9.17) is 4.52 Å². The van der Waals surface area contributed by atoms with Gasteiger partial charge in [0.05, 0.1) is 30.4 Å². The minimum Gasteiger partial charge on any atom is -0.505 e. The van der Waals surface area contributed by atoms with Crippen molar-refractivity contribution in [1.82, 2.24) is 4.57 Å². The Labute approximate surface area is 207 Å². The molecule has 0 radical (unpaired) electrons. The molecule has 1 atom stereocenters. The van der Waals surface area contributed by atoms with E-state index in [1.165, 1.54) is 19.2 Å². The molecule has 1 aromatic heterocycles. The molecular weight excluding hydrogens is 491 g/mol. The first kappa shape index (κ1) is 27.3. The largest absolute Gasteiger partial charge is 0.505 e. The zero-order chi connectivity index (χ0) is 26.6. The third-order valence-corrected chi connectivity index (χ3v) is 8.19. The number of nitrogens with one attached hydrogen (secondary N) is 2. The number of amidine groups is 1. The molecule has 194 valence electrons. The molecule has 12 heteroatoms. The fourth-order valence-electron chi connectivity index (χ4n) is 3.99. The van der Waals surface area contributed by atoms with Crippen LogP contribution in [0.1, 0.15) is 59.2 Å². The molecule has 2 aromatic rings. The highest BCUT2D eigenvalue weighted by molar-refractivity contribution is 7.92. The van der Waals surface area contributed by atoms with Gasteiger partial charge in [0.15, 0.2) is 11.6 Å². The lowest BCUT2D eigenvalue weighted by atomic mass is 9.89. The minimum absolute atomic E-state index is 0.000733. The maximum absolute atomic E-state index is 11.6. The summed E-state index contributed by atoms with van der Waals surface area (Å²) in [6, 6.07) is 4.57. The summed E-state index contributed by atoms with van der Waals surface area (Å²) in [4.78, 5) is 11.3. The van der Waals surface area contributed by atoms with Gasteiger partial charge in [0, 0.05) is 18.0 Å². The van der Waals surface area contributed by atoms with Crippen molar-refractivity contribution < 1.29 is 28.0 Å². The Bertz CT molecular complexity index is 1270. The molecule has 1 unspecified atom stereocenters. The van der Waals surface area contributed by atoms with Gasteiger partial charge in [-0.25, -0.2) is 8.42 Å². The zero-order valence-electron chi connectivity index (χ0n) is 21.5. The Hall–Kier alpha value is -2.33. The number of nitrogens with zero attached hydrogens (tertiary/aromatic N) is 2. The average Bonchev–Trinajstić information content (AvgIpc) is 2.94. The van der Waals surface area contributed by atoms with Gasteiger partial charge < -0.3 is 20.1 Å². The fourth-order valence-corrected chi connectivity index (χ4v) is 6.10. The number of benzene rings is 1. The van der Waals surface area contributed by atoms with E-state index in [9.17, 15) is 23.5 Å². The van der Waals surface area contributed by atoms with Crippen LogP contribution in [0.4, 0.5) is 11.4 Å². The van der Waals surface area contributed by atoms with Crippen molar-refractivity contribution in [2.45, 2.75) is 59.9 Å². The van der Waals surface area contributed by atoms with Crippen molar-refractivity contribution >= 4 is 40.4 Å². The summed E-state index contributed by atoms with van der Waals surface area (Å²) in [5, 5.41) is 25.9. The van der Waals surface area contributed by atoms with E-state index in [1.807, 2.05) is 20.8 Å². The van der Waals surface area contributed by atoms with Crippen molar-refractivity contribution in [3.63, 3.8) is 0 Å². The van der Waals surface area contributed by atoms with E-state index < -0.39 is 23.3 Å². The molecule has 0 saturated carbocycles. The van der Waals surface area contributed by atoms with Crippen LogP contribution in [0.3, 0.4) is 0 Å². The van der Waals surface area contributed by atoms with Gasteiger partial charge in [-0.3, -0.25) is 4.72 Å². The van der Waals surface area contributed by atoms with Crippen LogP contribution in [0.2, 0.25) is 0 Å². The van der Waals surface area contributed by atoms with Gasteiger partial charge in [0.2, 0.25) is 21.2 Å². The molecule has 1 aliphatic rings. The predicted molar refractivity (Wildman–Crippen MR) is 141 cm³/mol. The number of sulfonamides is 1. The lowest BCUT2D eigenvalue weighted by molar-refractivity contribution is 0.319.